The summed E-state index contributed by atoms with van der Waals surface area (Å²) < 4.78 is 8.67. The summed E-state index contributed by atoms with van der Waals surface area (Å²) in [5.74, 6) is 0.196. The van der Waals surface area contributed by atoms with Gasteiger partial charge in [-0.1, -0.05) is 30.3 Å². The van der Waals surface area contributed by atoms with Crippen molar-refractivity contribution in [3.8, 4) is 22.4 Å². The standard InChI is InChI=1S/C24H26N6O3/c1-15-11-17(12-18(14-31)26-15)20-21(16-7-3-2-4-8-16)27-23(25)30-22(20)28-29(24(30)32)13-19-9-5-6-10-33-19/h2-4,7-8,11-12,19,31H,5-6,9-10,13-14H2,1H3,(H2,25,27)/p+1. The van der Waals surface area contributed by atoms with Crippen LogP contribution in [0.1, 0.15) is 30.7 Å². The summed E-state index contributed by atoms with van der Waals surface area (Å²) in [5.41, 5.74) is 10.9. The van der Waals surface area contributed by atoms with E-state index in [4.69, 9.17) is 15.6 Å². The Morgan fingerprint density at radius 1 is 1.21 bits per heavy atom. The molecule has 0 saturated carbocycles. The van der Waals surface area contributed by atoms with Crippen molar-refractivity contribution in [3.63, 3.8) is 0 Å². The molecule has 0 radical (unpaired) electrons. The minimum absolute atomic E-state index is 0.0484. The number of fused-ring (bicyclic) bond motifs is 1. The number of H-pyrrole nitrogens is 1. The maximum Gasteiger partial charge on any atom is 0.411 e. The van der Waals surface area contributed by atoms with Gasteiger partial charge in [-0.2, -0.15) is 4.68 Å². The second-order valence-corrected chi connectivity index (χ2v) is 8.39. The smallest absolute Gasteiger partial charge is 0.390 e. The largest absolute Gasteiger partial charge is 0.411 e. The Bertz CT molecular complexity index is 1360. The minimum atomic E-state index is -0.318. The first-order valence-electron chi connectivity index (χ1n) is 11.2. The molecule has 3 aromatic heterocycles. The monoisotopic (exact) mass is 447 g/mol. The van der Waals surface area contributed by atoms with Gasteiger partial charge in [-0.3, -0.25) is 10.7 Å². The predicted octanol–water partition coefficient (Wildman–Crippen LogP) is 1.99. The molecule has 1 unspecified atom stereocenters. The highest BCUT2D eigenvalue weighted by Gasteiger charge is 2.27. The van der Waals surface area contributed by atoms with E-state index in [1.165, 1.54) is 9.08 Å². The Morgan fingerprint density at radius 2 is 2.03 bits per heavy atom. The molecule has 5 rings (SSSR count). The topological polar surface area (TPSA) is 122 Å². The van der Waals surface area contributed by atoms with Gasteiger partial charge >= 0.3 is 11.6 Å². The van der Waals surface area contributed by atoms with Crippen LogP contribution in [-0.2, 0) is 17.9 Å². The maximum absolute atomic E-state index is 13.3. The molecular weight excluding hydrogens is 420 g/mol. The van der Waals surface area contributed by atoms with Gasteiger partial charge in [-0.25, -0.2) is 9.78 Å². The number of aromatic amines is 1. The van der Waals surface area contributed by atoms with Crippen molar-refractivity contribution in [2.24, 2.45) is 0 Å². The molecule has 1 aliphatic heterocycles. The SMILES string of the molecule is Cc1cc(-c2c(-c3ccccc3)[nH+]c(N)n3c(=O)n(CC4CCCCO4)nc23)cc(CO)n1. The number of aliphatic hydroxyl groups is 1. The van der Waals surface area contributed by atoms with Crippen molar-refractivity contribution >= 4 is 11.6 Å². The summed E-state index contributed by atoms with van der Waals surface area (Å²) in [4.78, 5) is 20.9. The number of aryl methyl sites for hydroxylation is 1. The number of anilines is 1. The van der Waals surface area contributed by atoms with Gasteiger partial charge in [0.1, 0.15) is 5.69 Å². The van der Waals surface area contributed by atoms with E-state index in [0.717, 1.165) is 47.3 Å². The zero-order chi connectivity index (χ0) is 22.9. The molecule has 1 saturated heterocycles. The number of nitrogens with zero attached hydrogens (tertiary/aromatic N) is 4. The molecular formula is C24H27N6O3+. The molecule has 4 aromatic rings. The number of aromatic nitrogens is 5. The third-order valence-electron chi connectivity index (χ3n) is 5.98. The van der Waals surface area contributed by atoms with Crippen LogP contribution in [0.15, 0.2) is 47.3 Å². The van der Waals surface area contributed by atoms with Crippen molar-refractivity contribution in [1.29, 1.82) is 0 Å². The van der Waals surface area contributed by atoms with E-state index in [0.29, 0.717) is 24.5 Å². The first-order valence-corrected chi connectivity index (χ1v) is 11.2. The molecule has 4 heterocycles. The summed E-state index contributed by atoms with van der Waals surface area (Å²) in [6.45, 7) is 2.75. The van der Waals surface area contributed by atoms with E-state index in [2.05, 4.69) is 9.97 Å². The number of rotatable bonds is 5. The molecule has 1 fully saturated rings. The Hall–Kier alpha value is -3.56. The lowest BCUT2D eigenvalue weighted by Gasteiger charge is -2.21. The summed E-state index contributed by atoms with van der Waals surface area (Å²) in [6, 6.07) is 13.5. The van der Waals surface area contributed by atoms with Crippen LogP contribution >= 0.6 is 0 Å². The number of nitrogens with two attached hydrogens (primary N) is 1. The quantitative estimate of drug-likeness (QED) is 0.483. The van der Waals surface area contributed by atoms with Gasteiger partial charge in [0.25, 0.3) is 0 Å². The Balaban J connectivity index is 1.77. The fourth-order valence-electron chi connectivity index (χ4n) is 4.47. The number of ether oxygens (including phenoxy) is 1. The molecule has 33 heavy (non-hydrogen) atoms. The Kier molecular flexibility index (Phi) is 5.65. The lowest BCUT2D eigenvalue weighted by molar-refractivity contribution is -0.351. The summed E-state index contributed by atoms with van der Waals surface area (Å²) in [6.07, 6.45) is 2.96. The van der Waals surface area contributed by atoms with Crippen molar-refractivity contribution in [3.05, 3.63) is 64.3 Å². The Morgan fingerprint density at radius 3 is 2.76 bits per heavy atom. The van der Waals surface area contributed by atoms with Crippen LogP contribution in [0.2, 0.25) is 0 Å². The zero-order valence-electron chi connectivity index (χ0n) is 18.5. The zero-order valence-corrected chi connectivity index (χ0v) is 18.5. The van der Waals surface area contributed by atoms with E-state index >= 15 is 0 Å². The minimum Gasteiger partial charge on any atom is -0.390 e. The van der Waals surface area contributed by atoms with Gasteiger partial charge in [0.2, 0.25) is 5.65 Å². The summed E-state index contributed by atoms with van der Waals surface area (Å²) in [5, 5.41) is 14.4. The maximum atomic E-state index is 13.3. The fourth-order valence-corrected chi connectivity index (χ4v) is 4.47. The van der Waals surface area contributed by atoms with Gasteiger partial charge in [-0.15, -0.1) is 9.50 Å². The van der Waals surface area contributed by atoms with E-state index in [9.17, 15) is 9.90 Å². The molecule has 9 nitrogen and oxygen atoms in total. The van der Waals surface area contributed by atoms with E-state index in [1.54, 1.807) is 0 Å². The molecule has 0 spiro atoms. The Labute approximate surface area is 190 Å². The molecule has 9 heteroatoms. The normalized spacial score (nSPS) is 16.4. The first kappa shape index (κ1) is 21.3. The number of hydrogen-bond donors (Lipinski definition) is 2. The average molecular weight is 448 g/mol. The molecule has 0 amide bonds. The van der Waals surface area contributed by atoms with E-state index < -0.39 is 0 Å². The van der Waals surface area contributed by atoms with Gasteiger partial charge in [0, 0.05) is 17.9 Å². The number of benzene rings is 1. The fraction of sp³-hybridized carbons (Fsp3) is 0.333. The van der Waals surface area contributed by atoms with Crippen LogP contribution < -0.4 is 16.4 Å². The molecule has 1 aromatic carbocycles. The molecule has 0 bridgehead atoms. The highest BCUT2D eigenvalue weighted by Crippen LogP contribution is 2.33. The van der Waals surface area contributed by atoms with Crippen LogP contribution in [-0.4, -0.2) is 37.0 Å². The lowest BCUT2D eigenvalue weighted by Crippen LogP contribution is -2.32. The summed E-state index contributed by atoms with van der Waals surface area (Å²) >= 11 is 0. The average Bonchev–Trinajstić information content (AvgIpc) is 3.15. The van der Waals surface area contributed by atoms with Crippen molar-refractivity contribution in [2.45, 2.75) is 45.4 Å². The number of nitrogens with one attached hydrogen (secondary N) is 1. The van der Waals surface area contributed by atoms with Crippen LogP contribution in [0.25, 0.3) is 28.0 Å². The van der Waals surface area contributed by atoms with Gasteiger partial charge in [0.05, 0.1) is 30.5 Å². The molecule has 4 N–H and O–H groups in total. The second-order valence-electron chi connectivity index (χ2n) is 8.39. The molecule has 0 aliphatic carbocycles. The highest BCUT2D eigenvalue weighted by molar-refractivity contribution is 5.88. The van der Waals surface area contributed by atoms with Crippen molar-refractivity contribution in [2.75, 3.05) is 12.3 Å². The predicted molar refractivity (Wildman–Crippen MR) is 123 cm³/mol. The van der Waals surface area contributed by atoms with E-state index in [1.807, 2.05) is 49.4 Å². The highest BCUT2D eigenvalue weighted by atomic mass is 16.5. The van der Waals surface area contributed by atoms with Crippen molar-refractivity contribution in [1.82, 2.24) is 19.2 Å². The summed E-state index contributed by atoms with van der Waals surface area (Å²) in [7, 11) is 0. The van der Waals surface area contributed by atoms with Crippen LogP contribution in [0.5, 0.6) is 0 Å². The number of nitrogen functional groups attached to an aromatic ring is 1. The van der Waals surface area contributed by atoms with Crippen LogP contribution in [0.4, 0.5) is 5.95 Å². The number of pyridine rings is 1. The first-order chi connectivity index (χ1) is 16.0. The van der Waals surface area contributed by atoms with Crippen LogP contribution in [0, 0.1) is 6.92 Å². The number of aliphatic hydroxyl groups excluding tert-OH is 1. The second kappa shape index (κ2) is 8.76. The lowest BCUT2D eigenvalue weighted by atomic mass is 9.99. The van der Waals surface area contributed by atoms with Crippen molar-refractivity contribution < 1.29 is 14.8 Å². The van der Waals surface area contributed by atoms with Gasteiger partial charge < -0.3 is 9.84 Å². The molecule has 170 valence electrons. The molecule has 1 aliphatic rings. The van der Waals surface area contributed by atoms with Gasteiger partial charge in [0.15, 0.2) is 0 Å². The van der Waals surface area contributed by atoms with E-state index in [-0.39, 0.29) is 24.3 Å². The molecule has 1 atom stereocenters. The third kappa shape index (κ3) is 4.01. The van der Waals surface area contributed by atoms with Gasteiger partial charge in [-0.05, 0) is 43.9 Å². The van der Waals surface area contributed by atoms with Crippen LogP contribution in [0.3, 0.4) is 0 Å². The third-order valence-corrected chi connectivity index (χ3v) is 5.98. The number of hydrogen-bond acceptors (Lipinski definition) is 6.